The van der Waals surface area contributed by atoms with Crippen molar-refractivity contribution in [2.45, 2.75) is 78.4 Å². The number of likely N-dealkylation sites (tertiary alicyclic amines) is 1. The Morgan fingerprint density at radius 2 is 2.03 bits per heavy atom. The Bertz CT molecular complexity index is 954. The molecule has 1 aliphatic heterocycles. The highest BCUT2D eigenvalue weighted by Gasteiger charge is 2.40. The minimum atomic E-state index is 0.116. The van der Waals surface area contributed by atoms with Crippen molar-refractivity contribution in [1.29, 1.82) is 0 Å². The average molecular weight is 442 g/mol. The molecule has 1 aromatic heterocycles. The highest BCUT2D eigenvalue weighted by Crippen LogP contribution is 2.38. The Labute approximate surface area is 190 Å². The maximum absolute atomic E-state index is 12.7. The minimum absolute atomic E-state index is 0.116. The van der Waals surface area contributed by atoms with Gasteiger partial charge in [0.15, 0.2) is 0 Å². The zero-order chi connectivity index (χ0) is 22.1. The fraction of sp³-hybridized carbons (Fsp3) is 0.600. The van der Waals surface area contributed by atoms with Gasteiger partial charge in [-0.25, -0.2) is 4.98 Å². The first-order chi connectivity index (χ1) is 14.9. The predicted octanol–water partition coefficient (Wildman–Crippen LogP) is 4.49. The second kappa shape index (κ2) is 9.29. The number of amides is 1. The number of nitrogens with one attached hydrogen (secondary N) is 1. The zero-order valence-corrected chi connectivity index (χ0v) is 20.3. The number of carbonyl (C=O) groups is 1. The summed E-state index contributed by atoms with van der Waals surface area (Å²) in [5.74, 6) is 1.76. The number of ether oxygens (including phenoxy) is 1. The standard InChI is InChI=1S/C25H35N3O2S/c1-15-16(2)24(30-5)9-8-20(15)14-28-10-6-7-19-11-21(12-23(19)28)27-25(29)13-22-17(3)31-18(4)26-22/h8-9,19,21,23H,6-7,10-14H2,1-5H3,(H,27,29). The predicted molar refractivity (Wildman–Crippen MR) is 126 cm³/mol. The molecule has 2 aromatic rings. The van der Waals surface area contributed by atoms with E-state index in [1.807, 2.05) is 6.92 Å². The monoisotopic (exact) mass is 441 g/mol. The molecule has 1 amide bonds. The fourth-order valence-electron chi connectivity index (χ4n) is 5.53. The van der Waals surface area contributed by atoms with Crippen LogP contribution in [0, 0.1) is 33.6 Å². The fourth-order valence-corrected chi connectivity index (χ4v) is 6.36. The number of aromatic nitrogens is 1. The molecule has 1 saturated heterocycles. The summed E-state index contributed by atoms with van der Waals surface area (Å²) < 4.78 is 5.48. The highest BCUT2D eigenvalue weighted by atomic mass is 32.1. The Balaban J connectivity index is 1.39. The van der Waals surface area contributed by atoms with Crippen LogP contribution in [0.3, 0.4) is 0 Å². The maximum atomic E-state index is 12.7. The van der Waals surface area contributed by atoms with Crippen molar-refractivity contribution in [3.8, 4) is 5.75 Å². The van der Waals surface area contributed by atoms with E-state index in [1.165, 1.54) is 29.5 Å². The second-order valence-electron chi connectivity index (χ2n) is 9.27. The number of methoxy groups -OCH3 is 1. The molecular formula is C25H35N3O2S. The van der Waals surface area contributed by atoms with E-state index in [-0.39, 0.29) is 11.9 Å². The average Bonchev–Trinajstić information content (AvgIpc) is 3.27. The number of benzene rings is 1. The van der Waals surface area contributed by atoms with Crippen molar-refractivity contribution in [2.24, 2.45) is 5.92 Å². The number of piperidine rings is 1. The smallest absolute Gasteiger partial charge is 0.226 e. The quantitative estimate of drug-likeness (QED) is 0.718. The SMILES string of the molecule is COc1ccc(CN2CCCC3CC(NC(=O)Cc4nc(C)sc4C)CC32)c(C)c1C. The number of thiazole rings is 1. The molecule has 1 saturated carbocycles. The minimum Gasteiger partial charge on any atom is -0.496 e. The molecular weight excluding hydrogens is 406 g/mol. The summed E-state index contributed by atoms with van der Waals surface area (Å²) in [7, 11) is 1.74. The molecule has 1 N–H and O–H groups in total. The highest BCUT2D eigenvalue weighted by molar-refractivity contribution is 7.11. The van der Waals surface area contributed by atoms with Gasteiger partial charge in [0.1, 0.15) is 5.75 Å². The second-order valence-corrected chi connectivity index (χ2v) is 10.7. The van der Waals surface area contributed by atoms with E-state index < -0.39 is 0 Å². The zero-order valence-electron chi connectivity index (χ0n) is 19.5. The summed E-state index contributed by atoms with van der Waals surface area (Å²) in [5.41, 5.74) is 4.89. The van der Waals surface area contributed by atoms with Crippen molar-refractivity contribution in [3.63, 3.8) is 0 Å². The van der Waals surface area contributed by atoms with Crippen LogP contribution in [0.2, 0.25) is 0 Å². The van der Waals surface area contributed by atoms with Gasteiger partial charge in [-0.2, -0.15) is 0 Å². The van der Waals surface area contributed by atoms with Crippen LogP contribution in [0.5, 0.6) is 5.75 Å². The molecule has 4 rings (SSSR count). The van der Waals surface area contributed by atoms with Crippen LogP contribution < -0.4 is 10.1 Å². The Morgan fingerprint density at radius 3 is 2.74 bits per heavy atom. The summed E-state index contributed by atoms with van der Waals surface area (Å²) in [5, 5.41) is 4.36. The van der Waals surface area contributed by atoms with E-state index in [1.54, 1.807) is 18.4 Å². The van der Waals surface area contributed by atoms with Gasteiger partial charge in [0.25, 0.3) is 0 Å². The van der Waals surface area contributed by atoms with Crippen LogP contribution in [0.4, 0.5) is 0 Å². The normalized spacial score (nSPS) is 23.6. The molecule has 31 heavy (non-hydrogen) atoms. The first-order valence-corrected chi connectivity index (χ1v) is 12.3. The molecule has 0 bridgehead atoms. The van der Waals surface area contributed by atoms with Gasteiger partial charge in [0.2, 0.25) is 5.91 Å². The van der Waals surface area contributed by atoms with Crippen molar-refractivity contribution in [3.05, 3.63) is 44.4 Å². The molecule has 2 fully saturated rings. The van der Waals surface area contributed by atoms with Crippen molar-refractivity contribution in [2.75, 3.05) is 13.7 Å². The maximum Gasteiger partial charge on any atom is 0.226 e. The van der Waals surface area contributed by atoms with Crippen LogP contribution >= 0.6 is 11.3 Å². The lowest BCUT2D eigenvalue weighted by Crippen LogP contribution is -2.42. The van der Waals surface area contributed by atoms with Crippen LogP contribution in [0.1, 0.15) is 58.0 Å². The van der Waals surface area contributed by atoms with Crippen LogP contribution in [-0.4, -0.2) is 41.5 Å². The third-order valence-corrected chi connectivity index (χ3v) is 8.21. The Hall–Kier alpha value is -1.92. The number of fused-ring (bicyclic) bond motifs is 1. The lowest BCUT2D eigenvalue weighted by atomic mass is 9.91. The lowest BCUT2D eigenvalue weighted by Gasteiger charge is -2.38. The van der Waals surface area contributed by atoms with E-state index in [0.717, 1.165) is 47.3 Å². The van der Waals surface area contributed by atoms with Crippen molar-refractivity contribution >= 4 is 17.2 Å². The van der Waals surface area contributed by atoms with E-state index >= 15 is 0 Å². The molecule has 0 radical (unpaired) electrons. The topological polar surface area (TPSA) is 54.5 Å². The van der Waals surface area contributed by atoms with Gasteiger partial charge in [-0.3, -0.25) is 9.69 Å². The van der Waals surface area contributed by atoms with Gasteiger partial charge < -0.3 is 10.1 Å². The molecule has 6 heteroatoms. The third-order valence-electron chi connectivity index (χ3n) is 7.28. The van der Waals surface area contributed by atoms with Crippen LogP contribution in [0.25, 0.3) is 0 Å². The molecule has 5 nitrogen and oxygen atoms in total. The number of aryl methyl sites for hydroxylation is 2. The van der Waals surface area contributed by atoms with Gasteiger partial charge in [-0.05, 0) is 88.6 Å². The van der Waals surface area contributed by atoms with E-state index in [2.05, 4.69) is 48.1 Å². The van der Waals surface area contributed by atoms with Crippen LogP contribution in [-0.2, 0) is 17.8 Å². The molecule has 168 valence electrons. The summed E-state index contributed by atoms with van der Waals surface area (Å²) in [6, 6.07) is 5.15. The van der Waals surface area contributed by atoms with E-state index in [4.69, 9.17) is 4.74 Å². The number of rotatable bonds is 6. The number of hydrogen-bond donors (Lipinski definition) is 1. The van der Waals surface area contributed by atoms with Crippen molar-refractivity contribution < 1.29 is 9.53 Å². The number of nitrogens with zero attached hydrogens (tertiary/aromatic N) is 2. The number of carbonyl (C=O) groups excluding carboxylic acids is 1. The van der Waals surface area contributed by atoms with Gasteiger partial charge >= 0.3 is 0 Å². The van der Waals surface area contributed by atoms with Crippen molar-refractivity contribution in [1.82, 2.24) is 15.2 Å². The van der Waals surface area contributed by atoms with Gasteiger partial charge in [-0.15, -0.1) is 11.3 Å². The van der Waals surface area contributed by atoms with E-state index in [9.17, 15) is 4.79 Å². The molecule has 2 heterocycles. The molecule has 3 unspecified atom stereocenters. The van der Waals surface area contributed by atoms with Gasteiger partial charge in [0.05, 0.1) is 24.2 Å². The molecule has 1 aliphatic carbocycles. The first kappa shape index (κ1) is 22.3. The molecule has 3 atom stereocenters. The van der Waals surface area contributed by atoms with Gasteiger partial charge in [0, 0.05) is 23.5 Å². The van der Waals surface area contributed by atoms with Crippen LogP contribution in [0.15, 0.2) is 12.1 Å². The lowest BCUT2D eigenvalue weighted by molar-refractivity contribution is -0.121. The summed E-state index contributed by atoms with van der Waals surface area (Å²) in [6.07, 6.45) is 5.07. The Kier molecular flexibility index (Phi) is 6.68. The molecule has 2 aliphatic rings. The number of hydrogen-bond acceptors (Lipinski definition) is 5. The Morgan fingerprint density at radius 1 is 1.23 bits per heavy atom. The molecule has 1 aromatic carbocycles. The largest absolute Gasteiger partial charge is 0.496 e. The van der Waals surface area contributed by atoms with Gasteiger partial charge in [-0.1, -0.05) is 6.07 Å². The summed E-state index contributed by atoms with van der Waals surface area (Å²) in [6.45, 7) is 10.5. The summed E-state index contributed by atoms with van der Waals surface area (Å²) in [4.78, 5) is 21.0. The third kappa shape index (κ3) is 4.80. The summed E-state index contributed by atoms with van der Waals surface area (Å²) >= 11 is 1.67. The first-order valence-electron chi connectivity index (χ1n) is 11.4. The van der Waals surface area contributed by atoms with E-state index in [0.29, 0.717) is 18.4 Å². The molecule has 0 spiro atoms.